The lowest BCUT2D eigenvalue weighted by Crippen LogP contribution is -2.29. The van der Waals surface area contributed by atoms with Gasteiger partial charge < -0.3 is 24.1 Å². The van der Waals surface area contributed by atoms with Crippen LogP contribution in [0.2, 0.25) is 0 Å². The van der Waals surface area contributed by atoms with E-state index in [4.69, 9.17) is 18.9 Å². The number of methoxy groups -OCH3 is 1. The van der Waals surface area contributed by atoms with E-state index in [-0.39, 0.29) is 23.9 Å². The van der Waals surface area contributed by atoms with Crippen LogP contribution >= 0.6 is 0 Å². The molecule has 168 valence electrons. The van der Waals surface area contributed by atoms with Gasteiger partial charge in [-0.1, -0.05) is 33.6 Å². The van der Waals surface area contributed by atoms with Crippen molar-refractivity contribution in [3.63, 3.8) is 0 Å². The number of allylic oxidation sites excluding steroid dienone is 1. The Bertz CT molecular complexity index is 525. The third kappa shape index (κ3) is 6.43. The third-order valence-corrected chi connectivity index (χ3v) is 6.94. The van der Waals surface area contributed by atoms with Crippen LogP contribution in [0.3, 0.4) is 0 Å². The maximum Gasteiger partial charge on any atom is 0.199 e. The molecule has 0 spiro atoms. The minimum atomic E-state index is -0.617. The van der Waals surface area contributed by atoms with E-state index in [1.54, 1.807) is 7.11 Å². The SMILES string of the molecule is CCCCC(C)(C)CC(=CC(OC)C1CCC2OC(O)CC21)OC1CCCCO1. The normalized spacial score (nSPS) is 34.2. The number of unbranched alkanes of at least 4 members (excludes halogenated alkanes) is 1. The van der Waals surface area contributed by atoms with Crippen molar-refractivity contribution in [2.45, 2.75) is 110 Å². The lowest BCUT2D eigenvalue weighted by atomic mass is 9.82. The molecule has 29 heavy (non-hydrogen) atoms. The van der Waals surface area contributed by atoms with E-state index in [2.05, 4.69) is 26.8 Å². The second-order valence-electron chi connectivity index (χ2n) is 9.96. The molecule has 0 aromatic heterocycles. The van der Waals surface area contributed by atoms with Crippen LogP contribution in [0.25, 0.3) is 0 Å². The van der Waals surface area contributed by atoms with Gasteiger partial charge in [-0.2, -0.15) is 0 Å². The van der Waals surface area contributed by atoms with Crippen LogP contribution in [0.5, 0.6) is 0 Å². The monoisotopic (exact) mass is 410 g/mol. The van der Waals surface area contributed by atoms with Crippen LogP contribution in [-0.2, 0) is 18.9 Å². The van der Waals surface area contributed by atoms with Gasteiger partial charge in [0.2, 0.25) is 0 Å². The zero-order chi connectivity index (χ0) is 20.9. The molecule has 3 fully saturated rings. The van der Waals surface area contributed by atoms with Gasteiger partial charge in [-0.05, 0) is 55.4 Å². The van der Waals surface area contributed by atoms with Crippen molar-refractivity contribution >= 4 is 0 Å². The zero-order valence-corrected chi connectivity index (χ0v) is 18.9. The second-order valence-corrected chi connectivity index (χ2v) is 9.96. The molecule has 1 N–H and O–H groups in total. The summed E-state index contributed by atoms with van der Waals surface area (Å²) in [5.74, 6) is 1.74. The highest BCUT2D eigenvalue weighted by molar-refractivity contribution is 5.07. The molecule has 0 radical (unpaired) electrons. The number of aliphatic hydroxyl groups excluding tert-OH is 1. The van der Waals surface area contributed by atoms with Gasteiger partial charge in [-0.15, -0.1) is 0 Å². The van der Waals surface area contributed by atoms with Crippen molar-refractivity contribution in [1.29, 1.82) is 0 Å². The molecule has 2 saturated heterocycles. The standard InChI is InChI=1S/C24H42O5/c1-5-6-12-24(2,3)16-17(28-23-9-7-8-13-27-23)14-21(26-4)18-10-11-20-19(18)15-22(25)29-20/h14,18-23,25H,5-13,15-16H2,1-4H3. The average molecular weight is 411 g/mol. The molecule has 3 rings (SSSR count). The molecular weight excluding hydrogens is 368 g/mol. The Balaban J connectivity index is 1.73. The molecule has 5 heteroatoms. The fourth-order valence-corrected chi connectivity index (χ4v) is 5.33. The largest absolute Gasteiger partial charge is 0.470 e. The Labute approximate surface area is 177 Å². The van der Waals surface area contributed by atoms with Gasteiger partial charge in [0.1, 0.15) is 0 Å². The van der Waals surface area contributed by atoms with Crippen molar-refractivity contribution in [3.05, 3.63) is 11.8 Å². The lowest BCUT2D eigenvalue weighted by Gasteiger charge is -2.31. The lowest BCUT2D eigenvalue weighted by molar-refractivity contribution is -0.143. The Hall–Kier alpha value is -0.620. The maximum absolute atomic E-state index is 9.92. The Morgan fingerprint density at radius 3 is 2.76 bits per heavy atom. The smallest absolute Gasteiger partial charge is 0.199 e. The summed E-state index contributed by atoms with van der Waals surface area (Å²) < 4.78 is 23.9. The number of aliphatic hydroxyl groups is 1. The first-order valence-electron chi connectivity index (χ1n) is 11.8. The molecule has 3 aliphatic rings. The van der Waals surface area contributed by atoms with Crippen molar-refractivity contribution in [2.75, 3.05) is 13.7 Å². The third-order valence-electron chi connectivity index (χ3n) is 6.94. The van der Waals surface area contributed by atoms with Gasteiger partial charge >= 0.3 is 0 Å². The highest BCUT2D eigenvalue weighted by Gasteiger charge is 2.46. The van der Waals surface area contributed by atoms with Crippen molar-refractivity contribution in [2.24, 2.45) is 17.3 Å². The Morgan fingerprint density at radius 1 is 1.24 bits per heavy atom. The minimum Gasteiger partial charge on any atom is -0.470 e. The molecule has 0 aromatic rings. The van der Waals surface area contributed by atoms with Gasteiger partial charge in [-0.3, -0.25) is 0 Å². The number of rotatable bonds is 10. The molecule has 1 aliphatic carbocycles. The molecule has 0 amide bonds. The van der Waals surface area contributed by atoms with Crippen LogP contribution in [0.15, 0.2) is 11.8 Å². The molecule has 5 nitrogen and oxygen atoms in total. The maximum atomic E-state index is 9.92. The molecule has 2 aliphatic heterocycles. The first kappa shape index (κ1) is 23.1. The summed E-state index contributed by atoms with van der Waals surface area (Å²) in [4.78, 5) is 0. The molecule has 2 heterocycles. The molecule has 0 aromatic carbocycles. The summed E-state index contributed by atoms with van der Waals surface area (Å²) in [6.45, 7) is 7.69. The van der Waals surface area contributed by atoms with Gasteiger partial charge in [0.05, 0.1) is 24.6 Å². The van der Waals surface area contributed by atoms with Crippen LogP contribution in [0.1, 0.15) is 85.0 Å². The van der Waals surface area contributed by atoms with Crippen molar-refractivity contribution in [3.8, 4) is 0 Å². The van der Waals surface area contributed by atoms with E-state index in [0.717, 1.165) is 50.9 Å². The van der Waals surface area contributed by atoms with E-state index in [1.165, 1.54) is 19.3 Å². The quantitative estimate of drug-likeness (QED) is 0.504. The summed E-state index contributed by atoms with van der Waals surface area (Å²) >= 11 is 0. The first-order chi connectivity index (χ1) is 13.9. The van der Waals surface area contributed by atoms with Gasteiger partial charge in [0.25, 0.3) is 0 Å². The minimum absolute atomic E-state index is 0.0144. The molecule has 1 saturated carbocycles. The number of hydrogen-bond donors (Lipinski definition) is 1. The summed E-state index contributed by atoms with van der Waals surface area (Å²) in [5, 5.41) is 9.92. The number of ether oxygens (including phenoxy) is 4. The van der Waals surface area contributed by atoms with Crippen molar-refractivity contribution < 1.29 is 24.1 Å². The molecular formula is C24H42O5. The molecule has 6 atom stereocenters. The van der Waals surface area contributed by atoms with E-state index in [0.29, 0.717) is 18.3 Å². The van der Waals surface area contributed by atoms with Crippen LogP contribution in [0.4, 0.5) is 0 Å². The van der Waals surface area contributed by atoms with Gasteiger partial charge in [-0.25, -0.2) is 0 Å². The van der Waals surface area contributed by atoms with E-state index < -0.39 is 6.29 Å². The topological polar surface area (TPSA) is 57.2 Å². The summed E-state index contributed by atoms with van der Waals surface area (Å²) in [7, 11) is 1.79. The van der Waals surface area contributed by atoms with E-state index >= 15 is 0 Å². The fraction of sp³-hybridized carbons (Fsp3) is 0.917. The predicted molar refractivity (Wildman–Crippen MR) is 113 cm³/mol. The predicted octanol–water partition coefficient (Wildman–Crippen LogP) is 5.17. The van der Waals surface area contributed by atoms with E-state index in [1.807, 2.05) is 0 Å². The van der Waals surface area contributed by atoms with Gasteiger partial charge in [0.15, 0.2) is 12.6 Å². The van der Waals surface area contributed by atoms with Crippen LogP contribution in [-0.4, -0.2) is 43.6 Å². The Kier molecular flexibility index (Phi) is 8.43. The molecule has 0 bridgehead atoms. The van der Waals surface area contributed by atoms with Crippen molar-refractivity contribution in [1.82, 2.24) is 0 Å². The Morgan fingerprint density at radius 2 is 2.07 bits per heavy atom. The summed E-state index contributed by atoms with van der Waals surface area (Å²) in [6.07, 6.45) is 12.2. The highest BCUT2D eigenvalue weighted by atomic mass is 16.7. The fourth-order valence-electron chi connectivity index (χ4n) is 5.33. The molecule has 6 unspecified atom stereocenters. The van der Waals surface area contributed by atoms with E-state index in [9.17, 15) is 5.11 Å². The van der Waals surface area contributed by atoms with Crippen LogP contribution < -0.4 is 0 Å². The zero-order valence-electron chi connectivity index (χ0n) is 18.9. The van der Waals surface area contributed by atoms with Crippen LogP contribution in [0, 0.1) is 17.3 Å². The summed E-state index contributed by atoms with van der Waals surface area (Å²) in [6, 6.07) is 0. The number of fused-ring (bicyclic) bond motifs is 1. The number of hydrogen-bond acceptors (Lipinski definition) is 5. The first-order valence-corrected chi connectivity index (χ1v) is 11.8. The summed E-state index contributed by atoms with van der Waals surface area (Å²) in [5.41, 5.74) is 0.180. The van der Waals surface area contributed by atoms with Gasteiger partial charge in [0, 0.05) is 26.4 Å². The highest BCUT2D eigenvalue weighted by Crippen LogP contribution is 2.45. The average Bonchev–Trinajstić information content (AvgIpc) is 3.24. The second kappa shape index (κ2) is 10.6.